The van der Waals surface area contributed by atoms with Crippen molar-refractivity contribution >= 4 is 5.91 Å². The highest BCUT2D eigenvalue weighted by molar-refractivity contribution is 5.96. The minimum absolute atomic E-state index is 0.0723. The zero-order chi connectivity index (χ0) is 16.4. The van der Waals surface area contributed by atoms with Crippen molar-refractivity contribution in [2.24, 2.45) is 0 Å². The van der Waals surface area contributed by atoms with E-state index in [2.05, 4.69) is 9.97 Å². The Labute approximate surface area is 134 Å². The van der Waals surface area contributed by atoms with Crippen LogP contribution in [0.15, 0.2) is 30.6 Å². The van der Waals surface area contributed by atoms with E-state index in [-0.39, 0.29) is 5.91 Å². The maximum Gasteiger partial charge on any atom is 0.253 e. The van der Waals surface area contributed by atoms with Crippen LogP contribution in [0, 0.1) is 6.92 Å². The number of aryl methyl sites for hydroxylation is 1. The predicted octanol–water partition coefficient (Wildman–Crippen LogP) is 1.67. The fraction of sp³-hybridized carbons (Fsp3) is 0.353. The Bertz CT molecular complexity index is 733. The van der Waals surface area contributed by atoms with Crippen LogP contribution in [0.4, 0.5) is 0 Å². The molecule has 0 spiro atoms. The lowest BCUT2D eigenvalue weighted by Crippen LogP contribution is -2.29. The van der Waals surface area contributed by atoms with E-state index < -0.39 is 6.10 Å². The molecule has 0 saturated carbocycles. The highest BCUT2D eigenvalue weighted by Crippen LogP contribution is 2.30. The van der Waals surface area contributed by atoms with Gasteiger partial charge in [0.05, 0.1) is 24.5 Å². The average Bonchev–Trinajstić information content (AvgIpc) is 3.00. The van der Waals surface area contributed by atoms with E-state index in [4.69, 9.17) is 4.74 Å². The summed E-state index contributed by atoms with van der Waals surface area (Å²) in [6.07, 6.45) is 1.66. The molecule has 1 N–H and O–H groups in total. The molecular weight excluding hydrogens is 294 g/mol. The van der Waals surface area contributed by atoms with Crippen LogP contribution in [-0.4, -0.2) is 52.2 Å². The summed E-state index contributed by atoms with van der Waals surface area (Å²) in [4.78, 5) is 22.6. The number of carbonyl (C=O) groups is 1. The molecule has 0 radical (unpaired) electrons. The lowest BCUT2D eigenvalue weighted by atomic mass is 10.0. The topological polar surface area (TPSA) is 75.6 Å². The molecule has 1 fully saturated rings. The van der Waals surface area contributed by atoms with Crippen LogP contribution in [0.5, 0.6) is 5.88 Å². The molecule has 6 nitrogen and oxygen atoms in total. The number of aliphatic hydroxyl groups excluding tert-OH is 1. The summed E-state index contributed by atoms with van der Waals surface area (Å²) in [5.41, 5.74) is 3.00. The first kappa shape index (κ1) is 15.4. The SMILES string of the molecule is COc1ncnc(C)c1-c1cccc(C(=O)N2CC[C@@H](O)C2)c1. The Morgan fingerprint density at radius 3 is 2.91 bits per heavy atom. The number of hydrogen-bond donors (Lipinski definition) is 1. The summed E-state index contributed by atoms with van der Waals surface area (Å²) >= 11 is 0. The molecule has 1 aromatic heterocycles. The molecule has 1 aliphatic rings. The molecule has 0 bridgehead atoms. The Morgan fingerprint density at radius 2 is 2.22 bits per heavy atom. The summed E-state index contributed by atoms with van der Waals surface area (Å²) in [6.45, 7) is 2.85. The molecule has 2 heterocycles. The summed E-state index contributed by atoms with van der Waals surface area (Å²) in [6, 6.07) is 7.34. The van der Waals surface area contributed by atoms with Gasteiger partial charge in [-0.15, -0.1) is 0 Å². The first-order valence-corrected chi connectivity index (χ1v) is 7.53. The van der Waals surface area contributed by atoms with Gasteiger partial charge in [-0.25, -0.2) is 9.97 Å². The summed E-state index contributed by atoms with van der Waals surface area (Å²) in [7, 11) is 1.56. The molecule has 1 atom stereocenters. The van der Waals surface area contributed by atoms with Crippen LogP contribution in [0.1, 0.15) is 22.5 Å². The van der Waals surface area contributed by atoms with Crippen LogP contribution in [0.25, 0.3) is 11.1 Å². The Balaban J connectivity index is 1.96. The van der Waals surface area contributed by atoms with E-state index in [1.54, 1.807) is 18.1 Å². The molecule has 1 aromatic carbocycles. The number of hydrogen-bond acceptors (Lipinski definition) is 5. The monoisotopic (exact) mass is 313 g/mol. The zero-order valence-electron chi connectivity index (χ0n) is 13.2. The van der Waals surface area contributed by atoms with Crippen LogP contribution in [0.3, 0.4) is 0 Å². The fourth-order valence-corrected chi connectivity index (χ4v) is 2.86. The van der Waals surface area contributed by atoms with E-state index in [1.807, 2.05) is 25.1 Å². The molecule has 1 amide bonds. The smallest absolute Gasteiger partial charge is 0.253 e. The molecule has 1 aliphatic heterocycles. The van der Waals surface area contributed by atoms with E-state index in [0.29, 0.717) is 31.0 Å². The number of carbonyl (C=O) groups excluding carboxylic acids is 1. The van der Waals surface area contributed by atoms with Gasteiger partial charge in [-0.1, -0.05) is 12.1 Å². The summed E-state index contributed by atoms with van der Waals surface area (Å²) < 4.78 is 5.32. The second-order valence-corrected chi connectivity index (χ2v) is 5.62. The number of benzene rings is 1. The molecule has 2 aromatic rings. The van der Waals surface area contributed by atoms with Crippen LogP contribution >= 0.6 is 0 Å². The fourth-order valence-electron chi connectivity index (χ4n) is 2.86. The number of amides is 1. The summed E-state index contributed by atoms with van der Waals surface area (Å²) in [5.74, 6) is 0.413. The molecule has 0 aliphatic carbocycles. The molecule has 1 saturated heterocycles. The maximum absolute atomic E-state index is 12.6. The van der Waals surface area contributed by atoms with Crippen LogP contribution in [0.2, 0.25) is 0 Å². The van der Waals surface area contributed by atoms with Crippen LogP contribution in [-0.2, 0) is 0 Å². The standard InChI is InChI=1S/C17H19N3O3/c1-11-15(16(23-2)19-10-18-11)12-4-3-5-13(8-12)17(22)20-7-6-14(21)9-20/h3-5,8,10,14,21H,6-7,9H2,1-2H3/t14-/m1/s1. The van der Waals surface area contributed by atoms with Crippen molar-refractivity contribution in [2.45, 2.75) is 19.4 Å². The first-order chi connectivity index (χ1) is 11.1. The Kier molecular flexibility index (Phi) is 4.25. The second-order valence-electron chi connectivity index (χ2n) is 5.62. The van der Waals surface area contributed by atoms with Gasteiger partial charge in [-0.3, -0.25) is 4.79 Å². The molecule has 0 unspecified atom stereocenters. The van der Waals surface area contributed by atoms with Crippen molar-refractivity contribution in [3.63, 3.8) is 0 Å². The van der Waals surface area contributed by atoms with Crippen molar-refractivity contribution in [3.8, 4) is 17.0 Å². The van der Waals surface area contributed by atoms with Crippen molar-refractivity contribution in [1.29, 1.82) is 0 Å². The van der Waals surface area contributed by atoms with Gasteiger partial charge in [-0.2, -0.15) is 0 Å². The van der Waals surface area contributed by atoms with Gasteiger partial charge < -0.3 is 14.7 Å². The average molecular weight is 313 g/mol. The maximum atomic E-state index is 12.6. The lowest BCUT2D eigenvalue weighted by Gasteiger charge is -2.16. The van der Waals surface area contributed by atoms with E-state index in [1.165, 1.54) is 6.33 Å². The number of ether oxygens (including phenoxy) is 1. The zero-order valence-corrected chi connectivity index (χ0v) is 13.2. The second kappa shape index (κ2) is 6.34. The van der Waals surface area contributed by atoms with Crippen molar-refractivity contribution < 1.29 is 14.6 Å². The molecule has 23 heavy (non-hydrogen) atoms. The van der Waals surface area contributed by atoms with Crippen molar-refractivity contribution in [1.82, 2.24) is 14.9 Å². The third-order valence-corrected chi connectivity index (χ3v) is 4.04. The predicted molar refractivity (Wildman–Crippen MR) is 85.3 cm³/mol. The third-order valence-electron chi connectivity index (χ3n) is 4.04. The highest BCUT2D eigenvalue weighted by Gasteiger charge is 2.25. The number of aliphatic hydroxyl groups is 1. The lowest BCUT2D eigenvalue weighted by molar-refractivity contribution is 0.0765. The Hall–Kier alpha value is -2.47. The number of β-amino-alcohol motifs (C(OH)–C–C–N with tert-alkyl or cyclic N) is 1. The third kappa shape index (κ3) is 3.03. The van der Waals surface area contributed by atoms with E-state index >= 15 is 0 Å². The molecule has 3 rings (SSSR count). The van der Waals surface area contributed by atoms with E-state index in [0.717, 1.165) is 16.8 Å². The van der Waals surface area contributed by atoms with Gasteiger partial charge in [0, 0.05) is 18.7 Å². The van der Waals surface area contributed by atoms with Gasteiger partial charge in [0.1, 0.15) is 6.33 Å². The van der Waals surface area contributed by atoms with Crippen molar-refractivity contribution in [2.75, 3.05) is 20.2 Å². The quantitative estimate of drug-likeness (QED) is 0.933. The molecule has 120 valence electrons. The minimum Gasteiger partial charge on any atom is -0.480 e. The number of rotatable bonds is 3. The number of likely N-dealkylation sites (tertiary alicyclic amines) is 1. The van der Waals surface area contributed by atoms with Gasteiger partial charge in [0.2, 0.25) is 5.88 Å². The number of nitrogens with zero attached hydrogens (tertiary/aromatic N) is 3. The number of methoxy groups -OCH3 is 1. The highest BCUT2D eigenvalue weighted by atomic mass is 16.5. The summed E-state index contributed by atoms with van der Waals surface area (Å²) in [5, 5.41) is 9.61. The molecule has 6 heteroatoms. The Morgan fingerprint density at radius 1 is 1.39 bits per heavy atom. The van der Waals surface area contributed by atoms with Gasteiger partial charge in [-0.05, 0) is 31.0 Å². The van der Waals surface area contributed by atoms with Gasteiger partial charge in [0.15, 0.2) is 0 Å². The van der Waals surface area contributed by atoms with E-state index in [9.17, 15) is 9.90 Å². The first-order valence-electron chi connectivity index (χ1n) is 7.53. The minimum atomic E-state index is -0.424. The van der Waals surface area contributed by atoms with Crippen molar-refractivity contribution in [3.05, 3.63) is 41.9 Å². The molecular formula is C17H19N3O3. The van der Waals surface area contributed by atoms with Crippen LogP contribution < -0.4 is 4.74 Å². The largest absolute Gasteiger partial charge is 0.480 e. The van der Waals surface area contributed by atoms with Gasteiger partial charge in [0.25, 0.3) is 5.91 Å². The normalized spacial score (nSPS) is 17.3. The van der Waals surface area contributed by atoms with Gasteiger partial charge >= 0.3 is 0 Å². The number of aromatic nitrogens is 2.